The first-order chi connectivity index (χ1) is 3.42. The van der Waals surface area contributed by atoms with Crippen molar-refractivity contribution in [2.75, 3.05) is 0 Å². The maximum atomic E-state index is 5.59. The fourth-order valence-corrected chi connectivity index (χ4v) is 2.91. The zero-order chi connectivity index (χ0) is 6.78. The standard InChI is InChI=1S/C5H13OSi.ClH.Mg/c1-5(2)6-7(3)4;;/h5H,1-4H3;1H;/q;;+1/p-1. The van der Waals surface area contributed by atoms with Gasteiger partial charge in [0.1, 0.15) is 0 Å². The molecule has 0 fully saturated rings. The predicted molar refractivity (Wildman–Crippen MR) is 39.5 cm³/mol. The van der Waals surface area contributed by atoms with Gasteiger partial charge in [0.15, 0.2) is 0 Å². The maximum Gasteiger partial charge on any atom is -1.00 e. The van der Waals surface area contributed by atoms with Gasteiger partial charge in [0.25, 0.3) is 0 Å². The van der Waals surface area contributed by atoms with E-state index in [0.717, 1.165) is 0 Å². The van der Waals surface area contributed by atoms with Crippen LogP contribution < -0.4 is 12.4 Å². The van der Waals surface area contributed by atoms with Crippen LogP contribution in [-0.2, 0) is 4.43 Å². The number of hydrogen-bond donors (Lipinski definition) is 0. The summed E-state index contributed by atoms with van der Waals surface area (Å²) in [6, 6.07) is 0. The number of rotatable bonds is 2. The molecule has 0 spiro atoms. The first-order valence-corrected chi connectivity index (χ1v) is 8.18. The van der Waals surface area contributed by atoms with Crippen molar-refractivity contribution in [2.24, 2.45) is 0 Å². The summed E-state index contributed by atoms with van der Waals surface area (Å²) in [4.78, 5) is 0. The Morgan fingerprint density at radius 1 is 1.33 bits per heavy atom. The van der Waals surface area contributed by atoms with E-state index in [9.17, 15) is 0 Å². The maximum absolute atomic E-state index is 5.59. The molecular weight excluding hydrogens is 164 g/mol. The fraction of sp³-hybridized carbons (Fsp3) is 1.00. The molecule has 0 amide bonds. The van der Waals surface area contributed by atoms with Crippen molar-refractivity contribution < 1.29 is 16.8 Å². The third kappa shape index (κ3) is 12.4. The fourth-order valence-electron chi connectivity index (χ4n) is 0.638. The van der Waals surface area contributed by atoms with Crippen LogP contribution >= 0.6 is 0 Å². The van der Waals surface area contributed by atoms with Crippen molar-refractivity contribution in [3.05, 3.63) is 0 Å². The van der Waals surface area contributed by atoms with Gasteiger partial charge in [-0.1, -0.05) is 0 Å². The topological polar surface area (TPSA) is 9.23 Å². The Morgan fingerprint density at radius 3 is 1.67 bits per heavy atom. The molecule has 0 aromatic rings. The number of hydrogen-bond acceptors (Lipinski definition) is 1. The van der Waals surface area contributed by atoms with Gasteiger partial charge in [-0.25, -0.2) is 0 Å². The minimum Gasteiger partial charge on any atom is -1.00 e. The second-order valence-electron chi connectivity index (χ2n) is 2.93. The Labute approximate surface area is 76.6 Å². The van der Waals surface area contributed by atoms with Gasteiger partial charge in [0.2, 0.25) is 0 Å². The SMILES string of the molecule is CC(C)O[Si](C)(C)[Mg+].[Cl-]. The molecule has 0 heterocycles. The van der Waals surface area contributed by atoms with Crippen LogP contribution in [0, 0.1) is 0 Å². The second kappa shape index (κ2) is 4.96. The van der Waals surface area contributed by atoms with E-state index in [1.165, 1.54) is 0 Å². The summed E-state index contributed by atoms with van der Waals surface area (Å²) in [7, 11) is 0. The van der Waals surface area contributed by atoms with E-state index in [-0.39, 0.29) is 12.4 Å². The quantitative estimate of drug-likeness (QED) is 0.456. The van der Waals surface area contributed by atoms with Crippen LogP contribution in [0.3, 0.4) is 0 Å². The van der Waals surface area contributed by atoms with Crippen LogP contribution in [0.1, 0.15) is 13.8 Å². The van der Waals surface area contributed by atoms with E-state index >= 15 is 0 Å². The van der Waals surface area contributed by atoms with E-state index in [0.29, 0.717) is 6.10 Å². The monoisotopic (exact) mass is 176 g/mol. The van der Waals surface area contributed by atoms with Crippen molar-refractivity contribution in [3.63, 3.8) is 0 Å². The Kier molecular flexibility index (Phi) is 7.09. The first-order valence-electron chi connectivity index (χ1n) is 2.95. The molecular formula is C5H13ClMgOSi. The third-order valence-corrected chi connectivity index (χ3v) is 2.16. The minimum absolute atomic E-state index is 0. The zero-order valence-electron chi connectivity index (χ0n) is 6.57. The van der Waals surface area contributed by atoms with Crippen molar-refractivity contribution >= 4 is 26.9 Å². The third-order valence-electron chi connectivity index (χ3n) is 0.555. The molecule has 1 nitrogen and oxygen atoms in total. The smallest absolute Gasteiger partial charge is 1.00 e. The van der Waals surface area contributed by atoms with Crippen LogP contribution in [0.4, 0.5) is 0 Å². The molecule has 0 N–H and O–H groups in total. The van der Waals surface area contributed by atoms with Crippen molar-refractivity contribution in [1.29, 1.82) is 0 Å². The molecule has 4 heteroatoms. The van der Waals surface area contributed by atoms with Gasteiger partial charge in [-0.05, 0) is 0 Å². The molecule has 9 heavy (non-hydrogen) atoms. The van der Waals surface area contributed by atoms with E-state index in [1.54, 1.807) is 0 Å². The molecule has 0 rings (SSSR count). The Bertz CT molecular complexity index is 71.8. The molecule has 0 atom stereocenters. The van der Waals surface area contributed by atoms with E-state index < -0.39 is 5.97 Å². The molecule has 0 unspecified atom stereocenters. The van der Waals surface area contributed by atoms with E-state index in [1.807, 2.05) is 20.9 Å². The molecule has 0 aromatic heterocycles. The molecule has 0 aliphatic heterocycles. The normalized spacial score (nSPS) is 11.4. The Balaban J connectivity index is 0. The molecule has 0 aliphatic rings. The van der Waals surface area contributed by atoms with Gasteiger partial charge in [0.05, 0.1) is 0 Å². The Morgan fingerprint density at radius 2 is 1.67 bits per heavy atom. The molecule has 0 saturated heterocycles. The second-order valence-corrected chi connectivity index (χ2v) is 11.8. The van der Waals surface area contributed by atoms with Gasteiger partial charge in [-0.2, -0.15) is 0 Å². The van der Waals surface area contributed by atoms with Crippen molar-refractivity contribution in [3.8, 4) is 0 Å². The van der Waals surface area contributed by atoms with Gasteiger partial charge in [-0.3, -0.25) is 0 Å². The number of halogens is 1. The molecule has 0 aliphatic carbocycles. The average Bonchev–Trinajstić information content (AvgIpc) is 1.21. The molecule has 0 saturated carbocycles. The summed E-state index contributed by atoms with van der Waals surface area (Å²) in [6.07, 6.45) is 0.411. The predicted octanol–water partition coefficient (Wildman–Crippen LogP) is -1.71. The zero-order valence-corrected chi connectivity index (χ0v) is 9.74. The summed E-state index contributed by atoms with van der Waals surface area (Å²) in [5, 5.41) is 0. The van der Waals surface area contributed by atoms with Gasteiger partial charge < -0.3 is 12.4 Å². The summed E-state index contributed by atoms with van der Waals surface area (Å²) in [5.41, 5.74) is 0. The van der Waals surface area contributed by atoms with Crippen LogP contribution in [-0.4, -0.2) is 33.0 Å². The van der Waals surface area contributed by atoms with Gasteiger partial charge >= 0.3 is 64.4 Å². The summed E-state index contributed by atoms with van der Waals surface area (Å²) in [5.74, 6) is -1.19. The first kappa shape index (κ1) is 12.9. The van der Waals surface area contributed by atoms with E-state index in [4.69, 9.17) is 4.43 Å². The summed E-state index contributed by atoms with van der Waals surface area (Å²) >= 11 is 2.01. The molecule has 52 valence electrons. The van der Waals surface area contributed by atoms with Gasteiger partial charge in [-0.15, -0.1) is 0 Å². The van der Waals surface area contributed by atoms with Crippen LogP contribution in [0.25, 0.3) is 0 Å². The summed E-state index contributed by atoms with van der Waals surface area (Å²) in [6.45, 7) is 8.60. The minimum atomic E-state index is -1.19. The van der Waals surface area contributed by atoms with Crippen LogP contribution in [0.5, 0.6) is 0 Å². The van der Waals surface area contributed by atoms with Crippen LogP contribution in [0.2, 0.25) is 13.1 Å². The Hall–Kier alpha value is 1.23. The molecule has 0 radical (unpaired) electrons. The van der Waals surface area contributed by atoms with Crippen LogP contribution in [0.15, 0.2) is 0 Å². The van der Waals surface area contributed by atoms with Gasteiger partial charge in [0, 0.05) is 0 Å². The summed E-state index contributed by atoms with van der Waals surface area (Å²) < 4.78 is 5.59. The largest absolute Gasteiger partial charge is 1.00 e. The molecule has 0 aromatic carbocycles. The van der Waals surface area contributed by atoms with Crippen molar-refractivity contribution in [1.82, 2.24) is 0 Å². The van der Waals surface area contributed by atoms with E-state index in [2.05, 4.69) is 26.9 Å². The average molecular weight is 177 g/mol. The van der Waals surface area contributed by atoms with Crippen molar-refractivity contribution in [2.45, 2.75) is 33.0 Å². The molecule has 0 bridgehead atoms.